The maximum atomic E-state index is 13.1. The molecule has 32 heavy (non-hydrogen) atoms. The third kappa shape index (κ3) is 4.92. The number of aromatic nitrogens is 3. The maximum Gasteiger partial charge on any atom is 0.320 e. The Morgan fingerprint density at radius 3 is 2.78 bits per heavy atom. The highest BCUT2D eigenvalue weighted by molar-refractivity contribution is 8.14. The Kier molecular flexibility index (Phi) is 6.41. The van der Waals surface area contributed by atoms with Crippen molar-refractivity contribution in [2.75, 3.05) is 10.7 Å². The molecule has 0 atom stereocenters. The second kappa shape index (κ2) is 9.56. The molecule has 10 heteroatoms. The zero-order valence-corrected chi connectivity index (χ0v) is 18.3. The monoisotopic (exact) mass is 448 g/mol. The van der Waals surface area contributed by atoms with E-state index in [0.29, 0.717) is 10.9 Å². The van der Waals surface area contributed by atoms with Gasteiger partial charge in [-0.25, -0.2) is 9.98 Å². The van der Waals surface area contributed by atoms with Gasteiger partial charge in [0.1, 0.15) is 5.70 Å². The van der Waals surface area contributed by atoms with E-state index in [1.54, 1.807) is 35.4 Å². The van der Waals surface area contributed by atoms with Crippen LogP contribution in [-0.2, 0) is 4.79 Å². The van der Waals surface area contributed by atoms with Crippen LogP contribution in [-0.4, -0.2) is 33.0 Å². The Balaban J connectivity index is 1.57. The molecule has 0 spiro atoms. The van der Waals surface area contributed by atoms with Gasteiger partial charge in [0.2, 0.25) is 5.27 Å². The summed E-state index contributed by atoms with van der Waals surface area (Å²) in [7, 11) is 0. The van der Waals surface area contributed by atoms with E-state index >= 15 is 0 Å². The lowest BCUT2D eigenvalue weighted by Crippen LogP contribution is -2.36. The minimum atomic E-state index is -0.421. The van der Waals surface area contributed by atoms with Gasteiger partial charge in [-0.15, -0.1) is 0 Å². The van der Waals surface area contributed by atoms with Gasteiger partial charge in [0, 0.05) is 18.1 Å². The maximum absolute atomic E-state index is 13.1. The van der Waals surface area contributed by atoms with Crippen molar-refractivity contribution >= 4 is 46.4 Å². The fourth-order valence-corrected chi connectivity index (χ4v) is 3.64. The molecule has 3 aromatic rings. The molecule has 0 unspecified atom stereocenters. The Morgan fingerprint density at radius 1 is 1.28 bits per heavy atom. The van der Waals surface area contributed by atoms with Crippen molar-refractivity contribution in [1.29, 1.82) is 0 Å². The predicted molar refractivity (Wildman–Crippen MR) is 120 cm³/mol. The number of anilines is 1. The summed E-state index contributed by atoms with van der Waals surface area (Å²) in [4.78, 5) is 27.1. The zero-order chi connectivity index (χ0) is 22.5. The number of amidine groups is 1. The fourth-order valence-electron chi connectivity index (χ4n) is 2.84. The Bertz CT molecular complexity index is 1190. The molecule has 1 aliphatic rings. The molecule has 0 aliphatic carbocycles. The van der Waals surface area contributed by atoms with Gasteiger partial charge in [0.05, 0.1) is 5.69 Å². The molecule has 1 amide bonds. The van der Waals surface area contributed by atoms with Crippen LogP contribution in [0.4, 0.5) is 11.6 Å². The molecule has 0 fully saturated rings. The first kappa shape index (κ1) is 21.4. The Morgan fingerprint density at radius 2 is 2.09 bits per heavy atom. The summed E-state index contributed by atoms with van der Waals surface area (Å²) in [6.07, 6.45) is 6.54. The van der Waals surface area contributed by atoms with Crippen molar-refractivity contribution in [3.63, 3.8) is 0 Å². The average molecular weight is 449 g/mol. The normalized spacial score (nSPS) is 15.7. The van der Waals surface area contributed by atoms with E-state index in [2.05, 4.69) is 20.2 Å². The predicted octanol–water partition coefficient (Wildman–Crippen LogP) is 2.51. The van der Waals surface area contributed by atoms with Crippen molar-refractivity contribution in [3.8, 4) is 0 Å². The van der Waals surface area contributed by atoms with Gasteiger partial charge >= 0.3 is 5.88 Å². The molecule has 0 bridgehead atoms. The molecule has 1 aliphatic heterocycles. The molecule has 9 nitrogen and oxygen atoms in total. The van der Waals surface area contributed by atoms with Gasteiger partial charge in [-0.2, -0.15) is 0 Å². The van der Waals surface area contributed by atoms with Crippen molar-refractivity contribution in [2.45, 2.75) is 19.9 Å². The molecule has 162 valence electrons. The summed E-state index contributed by atoms with van der Waals surface area (Å²) in [5.41, 5.74) is 1.69. The van der Waals surface area contributed by atoms with Crippen molar-refractivity contribution in [3.05, 3.63) is 72.3 Å². The second-order valence-corrected chi connectivity index (χ2v) is 8.04. The van der Waals surface area contributed by atoms with Crippen LogP contribution >= 0.6 is 11.8 Å². The minimum absolute atomic E-state index is 0.0159. The number of rotatable bonds is 6. The van der Waals surface area contributed by atoms with E-state index in [9.17, 15) is 9.90 Å². The number of nitrogens with zero attached hydrogens (tertiary/aromatic N) is 6. The Labute approximate surface area is 188 Å². The second-order valence-electron chi connectivity index (χ2n) is 7.09. The summed E-state index contributed by atoms with van der Waals surface area (Å²) in [5, 5.41) is 16.6. The third-order valence-electron chi connectivity index (χ3n) is 4.39. The summed E-state index contributed by atoms with van der Waals surface area (Å²) < 4.78 is 6.64. The van der Waals surface area contributed by atoms with E-state index in [4.69, 9.17) is 4.52 Å². The number of hydrogen-bond acceptors (Lipinski definition) is 8. The van der Waals surface area contributed by atoms with Gasteiger partial charge in [-0.05, 0) is 54.3 Å². The van der Waals surface area contributed by atoms with Gasteiger partial charge in [-0.3, -0.25) is 19.2 Å². The number of pyridine rings is 1. The third-order valence-corrected chi connectivity index (χ3v) is 5.32. The number of amides is 1. The lowest BCUT2D eigenvalue weighted by Gasteiger charge is -2.18. The summed E-state index contributed by atoms with van der Waals surface area (Å²) in [6, 6.07) is 12.9. The molecular formula is C22H20N6O3S. The number of thioether (sulfide) groups is 1. The van der Waals surface area contributed by atoms with E-state index in [-0.39, 0.29) is 29.3 Å². The van der Waals surface area contributed by atoms with Crippen LogP contribution in [0.25, 0.3) is 6.08 Å². The molecule has 2 aromatic heterocycles. The topological polar surface area (TPSA) is 111 Å². The smallest absolute Gasteiger partial charge is 0.320 e. The largest absolute Gasteiger partial charge is 0.861 e. The van der Waals surface area contributed by atoms with Crippen LogP contribution in [0.2, 0.25) is 0 Å². The van der Waals surface area contributed by atoms with Crippen LogP contribution < -0.4 is 14.7 Å². The highest BCUT2D eigenvalue weighted by atomic mass is 32.2. The number of aliphatic imine (C=N–C) groups is 2. The first-order chi connectivity index (χ1) is 15.5. The number of carbonyl (C=O) groups excluding carboxylic acids is 1. The molecule has 0 radical (unpaired) electrons. The lowest BCUT2D eigenvalue weighted by atomic mass is 10.2. The average Bonchev–Trinajstić information content (AvgIpc) is 3.38. The highest BCUT2D eigenvalue weighted by Crippen LogP contribution is 2.29. The standard InChI is InChI=1S/C22H20N6O3S/c1-15(2)27-13-20(31-26-27)25-19(29)14-32-22-24-18(11-16-7-6-10-23-12-16)21(30)28(22)17-8-4-3-5-9-17/h3-13,15H,14H2,1-2H3/b18-11+. The summed E-state index contributed by atoms with van der Waals surface area (Å²) in [6.45, 7) is 3.88. The van der Waals surface area contributed by atoms with E-state index in [1.165, 1.54) is 4.90 Å². The number of hydrogen-bond donors (Lipinski definition) is 0. The van der Waals surface area contributed by atoms with Crippen molar-refractivity contribution < 1.29 is 19.1 Å². The van der Waals surface area contributed by atoms with Crippen LogP contribution in [0.3, 0.4) is 0 Å². The molecule has 0 saturated carbocycles. The van der Waals surface area contributed by atoms with Crippen LogP contribution in [0.5, 0.6) is 0 Å². The lowest BCUT2D eigenvalue weighted by molar-refractivity contribution is -0.779. The summed E-state index contributed by atoms with van der Waals surface area (Å²) >= 11 is 1.13. The van der Waals surface area contributed by atoms with Gasteiger partial charge in [-0.1, -0.05) is 36.0 Å². The van der Waals surface area contributed by atoms with Crippen molar-refractivity contribution in [2.24, 2.45) is 9.98 Å². The van der Waals surface area contributed by atoms with Crippen molar-refractivity contribution in [1.82, 2.24) is 10.3 Å². The van der Waals surface area contributed by atoms with Gasteiger partial charge < -0.3 is 5.11 Å². The van der Waals surface area contributed by atoms with E-state index < -0.39 is 5.90 Å². The Hall–Kier alpha value is -3.79. The fraction of sp³-hybridized carbons (Fsp3) is 0.182. The molecular weight excluding hydrogens is 428 g/mol. The van der Waals surface area contributed by atoms with Gasteiger partial charge in [0.25, 0.3) is 12.1 Å². The SMILES string of the molecule is CC(C)[n+]1cc(/N=C(\[O-])CSC2=N/C(=C/c3cccnc3)C(=O)N2c2ccccc2)on1. The molecule has 0 N–H and O–H groups in total. The first-order valence-corrected chi connectivity index (χ1v) is 10.9. The molecule has 3 heterocycles. The van der Waals surface area contributed by atoms with Crippen LogP contribution in [0.15, 0.2) is 81.3 Å². The van der Waals surface area contributed by atoms with E-state index in [1.807, 2.05) is 50.2 Å². The minimum Gasteiger partial charge on any atom is -0.861 e. The first-order valence-electron chi connectivity index (χ1n) is 9.86. The van der Waals surface area contributed by atoms with Gasteiger partial charge in [0.15, 0.2) is 11.2 Å². The number of benzene rings is 1. The van der Waals surface area contributed by atoms with E-state index in [0.717, 1.165) is 17.3 Å². The molecule has 4 rings (SSSR count). The number of para-hydroxylation sites is 1. The number of carbonyl (C=O) groups is 1. The summed E-state index contributed by atoms with van der Waals surface area (Å²) in [5.74, 6) is -0.585. The molecule has 0 saturated heterocycles. The quantitative estimate of drug-likeness (QED) is 0.248. The molecule has 1 aromatic carbocycles. The van der Waals surface area contributed by atoms with Crippen LogP contribution in [0.1, 0.15) is 25.5 Å². The highest BCUT2D eigenvalue weighted by Gasteiger charge is 2.31. The zero-order valence-electron chi connectivity index (χ0n) is 17.5. The van der Waals surface area contributed by atoms with Crippen LogP contribution in [0, 0.1) is 0 Å².